The molecule has 0 saturated carbocycles. The van der Waals surface area contributed by atoms with Crippen molar-refractivity contribution in [2.45, 2.75) is 38.9 Å². The van der Waals surface area contributed by atoms with Crippen molar-refractivity contribution in [2.75, 3.05) is 26.4 Å². The van der Waals surface area contributed by atoms with E-state index >= 15 is 0 Å². The summed E-state index contributed by atoms with van der Waals surface area (Å²) in [7, 11) is 1.92. The maximum atomic E-state index is 11.2. The fraction of sp³-hybridized carbons (Fsp3) is 0.769. The monoisotopic (exact) mass is 252 g/mol. The molecule has 1 radical (unpaired) electrons. The van der Waals surface area contributed by atoms with Gasteiger partial charge in [0.2, 0.25) is 13.2 Å². The number of hydrogen-bond acceptors (Lipinski definition) is 3. The van der Waals surface area contributed by atoms with Crippen LogP contribution in [-0.2, 0) is 9.53 Å². The molecule has 4 nitrogen and oxygen atoms in total. The fourth-order valence-electron chi connectivity index (χ4n) is 1.14. The molecule has 0 aromatic carbocycles. The maximum absolute atomic E-state index is 11.2. The van der Waals surface area contributed by atoms with Crippen LogP contribution in [0.15, 0.2) is 0 Å². The van der Waals surface area contributed by atoms with Gasteiger partial charge in [-0.2, -0.15) is 5.82 Å². The number of carbonyl (C=O) groups is 1. The van der Waals surface area contributed by atoms with Crippen LogP contribution in [0.3, 0.4) is 0 Å². The third-order valence-electron chi connectivity index (χ3n) is 2.07. The van der Waals surface area contributed by atoms with Gasteiger partial charge in [-0.15, -0.1) is 0 Å². The van der Waals surface area contributed by atoms with E-state index in [0.717, 1.165) is 6.42 Å². The third-order valence-corrected chi connectivity index (χ3v) is 2.07. The lowest BCUT2D eigenvalue weighted by Crippen LogP contribution is -2.27. The van der Waals surface area contributed by atoms with E-state index in [9.17, 15) is 4.79 Å². The van der Waals surface area contributed by atoms with Gasteiger partial charge in [-0.25, -0.2) is 0 Å². The molecule has 0 bridgehead atoms. The summed E-state index contributed by atoms with van der Waals surface area (Å²) in [5, 5.41) is 11.3. The van der Waals surface area contributed by atoms with Crippen molar-refractivity contribution in [1.82, 2.24) is 5.32 Å². The lowest BCUT2D eigenvalue weighted by atomic mass is 9.67. The Balaban J connectivity index is 3.28. The Morgan fingerprint density at radius 2 is 2.22 bits per heavy atom. The van der Waals surface area contributed by atoms with Crippen molar-refractivity contribution < 1.29 is 14.6 Å². The molecule has 0 atom stereocenters. The summed E-state index contributed by atoms with van der Waals surface area (Å²) in [5.41, 5.74) is 0. The number of nitrogens with one attached hydrogen (secondary N) is 1. The average molecular weight is 252 g/mol. The summed E-state index contributed by atoms with van der Waals surface area (Å²) in [6.07, 6.45) is 1.86. The zero-order valence-corrected chi connectivity index (χ0v) is 11.4. The van der Waals surface area contributed by atoms with Crippen LogP contribution in [0.2, 0.25) is 5.82 Å². The first-order valence-electron chi connectivity index (χ1n) is 6.44. The summed E-state index contributed by atoms with van der Waals surface area (Å²) < 4.78 is 5.24. The Labute approximate surface area is 111 Å². The molecule has 0 spiro atoms. The molecular weight excluding hydrogens is 229 g/mol. The number of rotatable bonds is 9. The molecular formula is C13H23BNO3. The van der Waals surface area contributed by atoms with Crippen LogP contribution in [0.4, 0.5) is 0 Å². The van der Waals surface area contributed by atoms with Gasteiger partial charge >= 0.3 is 0 Å². The topological polar surface area (TPSA) is 58.6 Å². The minimum absolute atomic E-state index is 0.00581. The molecule has 1 amide bonds. The second kappa shape index (κ2) is 12.5. The standard InChI is InChI=1S/C13H23BNO3/c1-12(2)14-7-5-10-18-11-8-15-13(17)6-3-4-9-16/h12,16H,3-4,6,8-11H2,1-2H3,(H,15,17). The van der Waals surface area contributed by atoms with Crippen LogP contribution in [0.5, 0.6) is 0 Å². The van der Waals surface area contributed by atoms with Crippen molar-refractivity contribution in [2.24, 2.45) is 0 Å². The molecule has 0 aliphatic rings. The predicted octanol–water partition coefficient (Wildman–Crippen LogP) is 0.775. The van der Waals surface area contributed by atoms with Crippen LogP contribution < -0.4 is 5.32 Å². The van der Waals surface area contributed by atoms with E-state index in [1.165, 1.54) is 0 Å². The SMILES string of the molecule is CC(C)[B]C#CCOCCNC(=O)CCCCO. The van der Waals surface area contributed by atoms with E-state index in [4.69, 9.17) is 9.84 Å². The Morgan fingerprint density at radius 3 is 2.89 bits per heavy atom. The van der Waals surface area contributed by atoms with E-state index in [1.807, 2.05) is 7.28 Å². The molecule has 5 heteroatoms. The van der Waals surface area contributed by atoms with Gasteiger partial charge in [0, 0.05) is 19.6 Å². The molecule has 0 aliphatic heterocycles. The fourth-order valence-corrected chi connectivity index (χ4v) is 1.14. The number of ether oxygens (including phenoxy) is 1. The largest absolute Gasteiger partial charge is 0.396 e. The number of unbranched alkanes of at least 4 members (excludes halogenated alkanes) is 1. The summed E-state index contributed by atoms with van der Waals surface area (Å²) in [4.78, 5) is 11.2. The maximum Gasteiger partial charge on any atom is 0.220 e. The Morgan fingerprint density at radius 1 is 1.44 bits per heavy atom. The van der Waals surface area contributed by atoms with Gasteiger partial charge in [0.15, 0.2) is 0 Å². The minimum Gasteiger partial charge on any atom is -0.396 e. The number of carbonyl (C=O) groups excluding carboxylic acids is 1. The van der Waals surface area contributed by atoms with Crippen molar-refractivity contribution in [3.8, 4) is 11.7 Å². The van der Waals surface area contributed by atoms with Crippen LogP contribution in [-0.4, -0.2) is 44.7 Å². The number of aliphatic hydroxyl groups excluding tert-OH is 1. The molecule has 0 saturated heterocycles. The Bertz CT molecular complexity index is 271. The quantitative estimate of drug-likeness (QED) is 0.362. The first-order valence-corrected chi connectivity index (χ1v) is 6.44. The van der Waals surface area contributed by atoms with Crippen molar-refractivity contribution in [1.29, 1.82) is 0 Å². The van der Waals surface area contributed by atoms with Crippen LogP contribution in [0.1, 0.15) is 33.1 Å². The van der Waals surface area contributed by atoms with Crippen molar-refractivity contribution in [3.05, 3.63) is 0 Å². The molecule has 0 aromatic rings. The second-order valence-electron chi connectivity index (χ2n) is 4.32. The number of hydrogen-bond donors (Lipinski definition) is 2. The molecule has 18 heavy (non-hydrogen) atoms. The third kappa shape index (κ3) is 13.1. The second-order valence-corrected chi connectivity index (χ2v) is 4.32. The summed E-state index contributed by atoms with van der Waals surface area (Å²) >= 11 is 0. The van der Waals surface area contributed by atoms with E-state index in [2.05, 4.69) is 30.9 Å². The lowest BCUT2D eigenvalue weighted by molar-refractivity contribution is -0.121. The molecule has 2 N–H and O–H groups in total. The predicted molar refractivity (Wildman–Crippen MR) is 73.4 cm³/mol. The molecule has 0 unspecified atom stereocenters. The molecule has 0 fully saturated rings. The normalized spacial score (nSPS) is 9.78. The molecule has 0 heterocycles. The van der Waals surface area contributed by atoms with Crippen molar-refractivity contribution >= 4 is 13.2 Å². The van der Waals surface area contributed by atoms with Gasteiger partial charge in [-0.05, 0) is 12.8 Å². The summed E-state index contributed by atoms with van der Waals surface area (Å²) in [5.74, 6) is 6.26. The highest BCUT2D eigenvalue weighted by atomic mass is 16.5. The van der Waals surface area contributed by atoms with E-state index < -0.39 is 0 Å². The van der Waals surface area contributed by atoms with E-state index in [1.54, 1.807) is 0 Å². The van der Waals surface area contributed by atoms with Crippen LogP contribution in [0, 0.1) is 11.7 Å². The molecule has 0 aliphatic carbocycles. The number of amides is 1. The van der Waals surface area contributed by atoms with Crippen LogP contribution >= 0.6 is 0 Å². The highest BCUT2D eigenvalue weighted by Gasteiger charge is 1.99. The first kappa shape index (κ1) is 17.0. The first-order chi connectivity index (χ1) is 8.66. The highest BCUT2D eigenvalue weighted by Crippen LogP contribution is 1.94. The smallest absolute Gasteiger partial charge is 0.220 e. The Kier molecular flexibility index (Phi) is 11.8. The van der Waals surface area contributed by atoms with Crippen molar-refractivity contribution in [3.63, 3.8) is 0 Å². The zero-order valence-electron chi connectivity index (χ0n) is 11.4. The van der Waals surface area contributed by atoms with Gasteiger partial charge in [0.1, 0.15) is 6.61 Å². The lowest BCUT2D eigenvalue weighted by Gasteiger charge is -2.04. The zero-order chi connectivity index (χ0) is 13.6. The van der Waals surface area contributed by atoms with Gasteiger partial charge < -0.3 is 15.2 Å². The average Bonchev–Trinajstić information content (AvgIpc) is 2.32. The highest BCUT2D eigenvalue weighted by molar-refractivity contribution is 6.47. The molecule has 0 rings (SSSR count). The molecule has 101 valence electrons. The van der Waals surface area contributed by atoms with Gasteiger partial charge in [0.25, 0.3) is 0 Å². The summed E-state index contributed by atoms with van der Waals surface area (Å²) in [6, 6.07) is 0. The van der Waals surface area contributed by atoms with E-state index in [-0.39, 0.29) is 12.5 Å². The van der Waals surface area contributed by atoms with Gasteiger partial charge in [-0.3, -0.25) is 4.79 Å². The van der Waals surface area contributed by atoms with Gasteiger partial charge in [-0.1, -0.05) is 25.6 Å². The van der Waals surface area contributed by atoms with Gasteiger partial charge in [0.05, 0.1) is 6.61 Å². The number of aliphatic hydroxyl groups is 1. The van der Waals surface area contributed by atoms with E-state index in [0.29, 0.717) is 38.4 Å². The molecule has 0 aromatic heterocycles. The van der Waals surface area contributed by atoms with Crippen LogP contribution in [0.25, 0.3) is 0 Å². The minimum atomic E-state index is 0.00581. The Hall–Kier alpha value is -0.985. The summed E-state index contributed by atoms with van der Waals surface area (Å²) in [6.45, 7) is 5.66.